The van der Waals surface area contributed by atoms with E-state index in [1.807, 2.05) is 26.0 Å². The Labute approximate surface area is 113 Å². The number of nitrogens with zero attached hydrogens (tertiary/aromatic N) is 2. The predicted octanol–water partition coefficient (Wildman–Crippen LogP) is 2.82. The summed E-state index contributed by atoms with van der Waals surface area (Å²) < 4.78 is 5.51. The Kier molecular flexibility index (Phi) is 4.53. The molecule has 1 unspecified atom stereocenters. The van der Waals surface area contributed by atoms with Crippen molar-refractivity contribution in [2.24, 2.45) is 5.92 Å². The van der Waals surface area contributed by atoms with Gasteiger partial charge in [-0.05, 0) is 37.1 Å². The van der Waals surface area contributed by atoms with Gasteiger partial charge in [-0.2, -0.15) is 5.26 Å². The van der Waals surface area contributed by atoms with E-state index in [9.17, 15) is 0 Å². The predicted molar refractivity (Wildman–Crippen MR) is 74.7 cm³/mol. The van der Waals surface area contributed by atoms with Crippen LogP contribution in [-0.2, 0) is 6.42 Å². The van der Waals surface area contributed by atoms with Gasteiger partial charge in [-0.3, -0.25) is 0 Å². The van der Waals surface area contributed by atoms with Crippen molar-refractivity contribution >= 4 is 11.1 Å². The molecule has 2 aromatic rings. The Bertz CT molecular complexity index is 583. The molecule has 0 aliphatic heterocycles. The van der Waals surface area contributed by atoms with Crippen molar-refractivity contribution < 1.29 is 4.42 Å². The maximum Gasteiger partial charge on any atom is 0.192 e. The number of nitrogens with one attached hydrogen (secondary N) is 1. The molecule has 100 valence electrons. The molecule has 0 saturated heterocycles. The number of fused-ring (bicyclic) bond motifs is 1. The highest BCUT2D eigenvalue weighted by molar-refractivity contribution is 5.73. The quantitative estimate of drug-likeness (QED) is 0.808. The number of benzene rings is 1. The molecule has 0 spiro atoms. The molecule has 0 fully saturated rings. The van der Waals surface area contributed by atoms with Crippen LogP contribution < -0.4 is 5.32 Å². The smallest absolute Gasteiger partial charge is 0.192 e. The van der Waals surface area contributed by atoms with Crippen LogP contribution in [0, 0.1) is 24.2 Å². The molecule has 0 saturated carbocycles. The summed E-state index contributed by atoms with van der Waals surface area (Å²) in [6.07, 6.45) is 1.82. The monoisotopic (exact) mass is 257 g/mol. The Balaban J connectivity index is 1.86. The van der Waals surface area contributed by atoms with Gasteiger partial charge >= 0.3 is 0 Å². The molecule has 1 heterocycles. The number of oxazole rings is 1. The molecule has 1 aromatic carbocycles. The van der Waals surface area contributed by atoms with E-state index >= 15 is 0 Å². The summed E-state index contributed by atoms with van der Waals surface area (Å²) in [6, 6.07) is 8.40. The van der Waals surface area contributed by atoms with Crippen LogP contribution in [0.1, 0.15) is 24.8 Å². The molecule has 19 heavy (non-hydrogen) atoms. The molecule has 0 amide bonds. The standard InChI is InChI=1S/C15H19N3O/c1-3-12(9-16)10-17-7-6-13-4-5-14-15(8-13)19-11(2)18-14/h4-5,8,12,17H,3,6-7,10H2,1-2H3. The second kappa shape index (κ2) is 6.35. The number of aryl methyl sites for hydroxylation is 1. The number of hydrogen-bond donors (Lipinski definition) is 1. The second-order valence-electron chi connectivity index (χ2n) is 4.72. The Hall–Kier alpha value is -1.86. The lowest BCUT2D eigenvalue weighted by Gasteiger charge is -2.07. The lowest BCUT2D eigenvalue weighted by atomic mass is 10.1. The molecule has 0 aliphatic carbocycles. The van der Waals surface area contributed by atoms with Gasteiger partial charge in [-0.1, -0.05) is 13.0 Å². The van der Waals surface area contributed by atoms with E-state index in [0.717, 1.165) is 37.0 Å². The first-order valence-electron chi connectivity index (χ1n) is 6.69. The van der Waals surface area contributed by atoms with E-state index in [2.05, 4.69) is 22.4 Å². The second-order valence-corrected chi connectivity index (χ2v) is 4.72. The van der Waals surface area contributed by atoms with Gasteiger partial charge in [-0.25, -0.2) is 4.98 Å². The molecule has 4 heteroatoms. The first-order chi connectivity index (χ1) is 9.22. The highest BCUT2D eigenvalue weighted by Gasteiger charge is 2.05. The normalized spacial score (nSPS) is 12.5. The van der Waals surface area contributed by atoms with Crippen molar-refractivity contribution in [3.63, 3.8) is 0 Å². The third-order valence-electron chi connectivity index (χ3n) is 3.22. The third-order valence-corrected chi connectivity index (χ3v) is 3.22. The first kappa shape index (κ1) is 13.6. The van der Waals surface area contributed by atoms with Crippen LogP contribution in [0.3, 0.4) is 0 Å². The first-order valence-corrected chi connectivity index (χ1v) is 6.69. The van der Waals surface area contributed by atoms with Crippen molar-refractivity contribution in [2.75, 3.05) is 13.1 Å². The summed E-state index contributed by atoms with van der Waals surface area (Å²) in [7, 11) is 0. The maximum atomic E-state index is 8.85. The van der Waals surface area contributed by atoms with Gasteiger partial charge in [0, 0.05) is 13.5 Å². The maximum absolute atomic E-state index is 8.85. The van der Waals surface area contributed by atoms with Crippen molar-refractivity contribution in [3.8, 4) is 6.07 Å². The molecule has 0 aliphatic rings. The van der Waals surface area contributed by atoms with E-state index in [1.165, 1.54) is 5.56 Å². The van der Waals surface area contributed by atoms with Gasteiger partial charge < -0.3 is 9.73 Å². The van der Waals surface area contributed by atoms with Crippen LogP contribution in [0.25, 0.3) is 11.1 Å². The van der Waals surface area contributed by atoms with Crippen LogP contribution in [0.4, 0.5) is 0 Å². The summed E-state index contributed by atoms with van der Waals surface area (Å²) in [5.41, 5.74) is 2.98. The summed E-state index contributed by atoms with van der Waals surface area (Å²) in [4.78, 5) is 4.28. The number of hydrogen-bond acceptors (Lipinski definition) is 4. The minimum atomic E-state index is 0.111. The highest BCUT2D eigenvalue weighted by atomic mass is 16.3. The Morgan fingerprint density at radius 3 is 3.05 bits per heavy atom. The van der Waals surface area contributed by atoms with E-state index < -0.39 is 0 Å². The number of nitriles is 1. The van der Waals surface area contributed by atoms with Gasteiger partial charge in [-0.15, -0.1) is 0 Å². The highest BCUT2D eigenvalue weighted by Crippen LogP contribution is 2.16. The van der Waals surface area contributed by atoms with E-state index in [-0.39, 0.29) is 5.92 Å². The molecule has 2 rings (SSSR count). The van der Waals surface area contributed by atoms with Crippen LogP contribution in [-0.4, -0.2) is 18.1 Å². The van der Waals surface area contributed by atoms with Crippen LogP contribution in [0.5, 0.6) is 0 Å². The fourth-order valence-electron chi connectivity index (χ4n) is 2.03. The summed E-state index contributed by atoms with van der Waals surface area (Å²) in [5, 5.41) is 12.2. The van der Waals surface area contributed by atoms with Crippen molar-refractivity contribution in [1.29, 1.82) is 5.26 Å². The lowest BCUT2D eigenvalue weighted by Crippen LogP contribution is -2.23. The zero-order valence-electron chi connectivity index (χ0n) is 11.4. The number of aromatic nitrogens is 1. The molecular weight excluding hydrogens is 238 g/mol. The summed E-state index contributed by atoms with van der Waals surface area (Å²) in [5.74, 6) is 0.810. The summed E-state index contributed by atoms with van der Waals surface area (Å²) in [6.45, 7) is 5.53. The van der Waals surface area contributed by atoms with Crippen LogP contribution >= 0.6 is 0 Å². The topological polar surface area (TPSA) is 61.9 Å². The van der Waals surface area contributed by atoms with Crippen LogP contribution in [0.15, 0.2) is 22.6 Å². The summed E-state index contributed by atoms with van der Waals surface area (Å²) >= 11 is 0. The zero-order valence-corrected chi connectivity index (χ0v) is 11.4. The van der Waals surface area contributed by atoms with E-state index in [0.29, 0.717) is 5.89 Å². The third kappa shape index (κ3) is 3.55. The van der Waals surface area contributed by atoms with E-state index in [1.54, 1.807) is 0 Å². The largest absolute Gasteiger partial charge is 0.441 e. The van der Waals surface area contributed by atoms with Gasteiger partial charge in [0.1, 0.15) is 5.52 Å². The average Bonchev–Trinajstić information content (AvgIpc) is 2.78. The molecular formula is C15H19N3O. The lowest BCUT2D eigenvalue weighted by molar-refractivity contribution is 0.553. The average molecular weight is 257 g/mol. The minimum absolute atomic E-state index is 0.111. The van der Waals surface area contributed by atoms with Gasteiger partial charge in [0.25, 0.3) is 0 Å². The van der Waals surface area contributed by atoms with Gasteiger partial charge in [0.05, 0.1) is 12.0 Å². The molecule has 0 bridgehead atoms. The molecule has 4 nitrogen and oxygen atoms in total. The number of rotatable bonds is 6. The fourth-order valence-corrected chi connectivity index (χ4v) is 2.03. The van der Waals surface area contributed by atoms with Crippen molar-refractivity contribution in [3.05, 3.63) is 29.7 Å². The van der Waals surface area contributed by atoms with E-state index in [4.69, 9.17) is 9.68 Å². The van der Waals surface area contributed by atoms with Crippen molar-refractivity contribution in [1.82, 2.24) is 10.3 Å². The van der Waals surface area contributed by atoms with Crippen LogP contribution in [0.2, 0.25) is 0 Å². The van der Waals surface area contributed by atoms with Gasteiger partial charge in [0.15, 0.2) is 11.5 Å². The Morgan fingerprint density at radius 2 is 2.32 bits per heavy atom. The molecule has 0 radical (unpaired) electrons. The van der Waals surface area contributed by atoms with Crippen molar-refractivity contribution in [2.45, 2.75) is 26.7 Å². The molecule has 1 atom stereocenters. The molecule has 1 N–H and O–H groups in total. The minimum Gasteiger partial charge on any atom is -0.441 e. The van der Waals surface area contributed by atoms with Gasteiger partial charge in [0.2, 0.25) is 0 Å². The fraction of sp³-hybridized carbons (Fsp3) is 0.467. The molecule has 1 aromatic heterocycles. The SMILES string of the molecule is CCC(C#N)CNCCc1ccc2nc(C)oc2c1. The zero-order chi connectivity index (χ0) is 13.7. The Morgan fingerprint density at radius 1 is 1.47 bits per heavy atom.